The molecule has 0 radical (unpaired) electrons. The highest BCUT2D eigenvalue weighted by Crippen LogP contribution is 2.24. The van der Waals surface area contributed by atoms with Gasteiger partial charge in [0.15, 0.2) is 0 Å². The first-order chi connectivity index (χ1) is 15.2. The first-order valence-corrected chi connectivity index (χ1v) is 11.3. The lowest BCUT2D eigenvalue weighted by Gasteiger charge is -2.32. The third-order valence-corrected chi connectivity index (χ3v) is 5.76. The van der Waals surface area contributed by atoms with Crippen LogP contribution in [0, 0.1) is 5.82 Å². The van der Waals surface area contributed by atoms with Gasteiger partial charge < -0.3 is 15.0 Å². The number of halogens is 1. The minimum atomic E-state index is -0.413. The minimum Gasteiger partial charge on any atom is -0.494 e. The third-order valence-electron chi connectivity index (χ3n) is 5.76. The molecule has 2 aromatic carbocycles. The number of hydrogen-bond donors (Lipinski definition) is 1. The van der Waals surface area contributed by atoms with Gasteiger partial charge in [0, 0.05) is 31.1 Å². The van der Waals surface area contributed by atoms with Crippen LogP contribution in [0.1, 0.15) is 62.4 Å². The van der Waals surface area contributed by atoms with Gasteiger partial charge in [-0.25, -0.2) is 4.39 Å². The highest BCUT2D eigenvalue weighted by atomic mass is 19.1. The molecule has 2 amide bonds. The second-order valence-corrected chi connectivity index (χ2v) is 9.37. The largest absolute Gasteiger partial charge is 0.494 e. The van der Waals surface area contributed by atoms with Gasteiger partial charge in [0.05, 0.1) is 6.61 Å². The molecule has 172 valence electrons. The highest BCUT2D eigenvalue weighted by Gasteiger charge is 2.24. The standard InChI is InChI=1S/C26H33FN2O3/c1-26(2,3)20-9-11-23(12-10-20)32-17-5-8-24(30)28-22-13-15-29(16-14-22)25(31)19-6-4-7-21(27)18-19/h4,6-7,9-12,18,22H,5,8,13-17H2,1-3H3,(H,28,30). The molecule has 1 aliphatic rings. The van der Waals surface area contributed by atoms with E-state index in [2.05, 4.69) is 38.2 Å². The number of rotatable bonds is 7. The van der Waals surface area contributed by atoms with Gasteiger partial charge in [-0.05, 0) is 60.6 Å². The van der Waals surface area contributed by atoms with Gasteiger partial charge in [-0.3, -0.25) is 9.59 Å². The maximum Gasteiger partial charge on any atom is 0.253 e. The zero-order valence-corrected chi connectivity index (χ0v) is 19.2. The zero-order chi connectivity index (χ0) is 23.1. The summed E-state index contributed by atoms with van der Waals surface area (Å²) in [5.74, 6) is 0.242. The fourth-order valence-corrected chi connectivity index (χ4v) is 3.80. The van der Waals surface area contributed by atoms with Crippen molar-refractivity contribution in [3.63, 3.8) is 0 Å². The molecule has 2 aromatic rings. The number of hydrogen-bond acceptors (Lipinski definition) is 3. The second kappa shape index (κ2) is 10.6. The number of carbonyl (C=O) groups is 2. The Labute approximate surface area is 190 Å². The van der Waals surface area contributed by atoms with Crippen molar-refractivity contribution in [2.45, 2.75) is 57.9 Å². The molecule has 0 atom stereocenters. The van der Waals surface area contributed by atoms with Gasteiger partial charge >= 0.3 is 0 Å². The van der Waals surface area contributed by atoms with Crippen LogP contribution < -0.4 is 10.1 Å². The van der Waals surface area contributed by atoms with Crippen LogP contribution >= 0.6 is 0 Å². The Morgan fingerprint density at radius 1 is 1.09 bits per heavy atom. The van der Waals surface area contributed by atoms with Gasteiger partial charge in [0.25, 0.3) is 5.91 Å². The normalized spacial score (nSPS) is 14.8. The number of nitrogens with zero attached hydrogens (tertiary/aromatic N) is 1. The van der Waals surface area contributed by atoms with Crippen LogP contribution in [0.15, 0.2) is 48.5 Å². The van der Waals surface area contributed by atoms with Gasteiger partial charge in [-0.1, -0.05) is 39.0 Å². The average molecular weight is 441 g/mol. The maximum absolute atomic E-state index is 13.4. The molecule has 1 fully saturated rings. The topological polar surface area (TPSA) is 58.6 Å². The number of benzene rings is 2. The first kappa shape index (κ1) is 23.8. The second-order valence-electron chi connectivity index (χ2n) is 9.37. The van der Waals surface area contributed by atoms with Crippen LogP contribution in [0.4, 0.5) is 4.39 Å². The van der Waals surface area contributed by atoms with Crippen molar-refractivity contribution >= 4 is 11.8 Å². The fourth-order valence-electron chi connectivity index (χ4n) is 3.80. The Bertz CT molecular complexity index is 913. The molecular formula is C26H33FN2O3. The SMILES string of the molecule is CC(C)(C)c1ccc(OCCCC(=O)NC2CCN(C(=O)c3cccc(F)c3)CC2)cc1. The number of amides is 2. The van der Waals surface area contributed by atoms with E-state index >= 15 is 0 Å². The van der Waals surface area contributed by atoms with Crippen LogP contribution in [0.5, 0.6) is 5.75 Å². The molecule has 1 N–H and O–H groups in total. The lowest BCUT2D eigenvalue weighted by Crippen LogP contribution is -2.46. The number of nitrogens with one attached hydrogen (secondary N) is 1. The summed E-state index contributed by atoms with van der Waals surface area (Å²) in [7, 11) is 0. The van der Waals surface area contributed by atoms with E-state index in [1.165, 1.54) is 17.7 Å². The molecule has 0 spiro atoms. The molecule has 0 unspecified atom stereocenters. The van der Waals surface area contributed by atoms with Crippen LogP contribution in [0.3, 0.4) is 0 Å². The number of carbonyl (C=O) groups excluding carboxylic acids is 2. The van der Waals surface area contributed by atoms with E-state index in [4.69, 9.17) is 4.74 Å². The lowest BCUT2D eigenvalue weighted by molar-refractivity contribution is -0.122. The molecule has 0 aliphatic carbocycles. The van der Waals surface area contributed by atoms with Crippen molar-refractivity contribution < 1.29 is 18.7 Å². The fraction of sp³-hybridized carbons (Fsp3) is 0.462. The van der Waals surface area contributed by atoms with E-state index < -0.39 is 5.82 Å². The lowest BCUT2D eigenvalue weighted by atomic mass is 9.87. The molecule has 0 aromatic heterocycles. The summed E-state index contributed by atoms with van der Waals surface area (Å²) in [4.78, 5) is 26.5. The van der Waals surface area contributed by atoms with Crippen molar-refractivity contribution in [1.82, 2.24) is 10.2 Å². The van der Waals surface area contributed by atoms with E-state index in [0.29, 0.717) is 50.9 Å². The minimum absolute atomic E-state index is 0.00610. The van der Waals surface area contributed by atoms with Crippen molar-refractivity contribution in [3.05, 3.63) is 65.5 Å². The van der Waals surface area contributed by atoms with Crippen LogP contribution in [-0.2, 0) is 10.2 Å². The quantitative estimate of drug-likeness (QED) is 0.635. The first-order valence-electron chi connectivity index (χ1n) is 11.3. The molecule has 6 heteroatoms. The van der Waals surface area contributed by atoms with Crippen molar-refractivity contribution in [3.8, 4) is 5.75 Å². The maximum atomic E-state index is 13.4. The van der Waals surface area contributed by atoms with E-state index in [-0.39, 0.29) is 23.3 Å². The van der Waals surface area contributed by atoms with Gasteiger partial charge in [-0.15, -0.1) is 0 Å². The van der Waals surface area contributed by atoms with E-state index in [9.17, 15) is 14.0 Å². The Kier molecular flexibility index (Phi) is 7.89. The summed E-state index contributed by atoms with van der Waals surface area (Å²) in [6.07, 6.45) is 2.44. The highest BCUT2D eigenvalue weighted by molar-refractivity contribution is 5.94. The van der Waals surface area contributed by atoms with Gasteiger partial charge in [0.1, 0.15) is 11.6 Å². The monoisotopic (exact) mass is 440 g/mol. The Balaban J connectivity index is 1.33. The van der Waals surface area contributed by atoms with E-state index in [1.807, 2.05) is 12.1 Å². The summed E-state index contributed by atoms with van der Waals surface area (Å²) >= 11 is 0. The van der Waals surface area contributed by atoms with E-state index in [1.54, 1.807) is 17.0 Å². The Morgan fingerprint density at radius 2 is 1.78 bits per heavy atom. The van der Waals surface area contributed by atoms with Crippen LogP contribution in [0.25, 0.3) is 0 Å². The van der Waals surface area contributed by atoms with Crippen molar-refractivity contribution in [2.75, 3.05) is 19.7 Å². The predicted molar refractivity (Wildman–Crippen MR) is 123 cm³/mol. The number of piperidine rings is 1. The Hall–Kier alpha value is -2.89. The Morgan fingerprint density at radius 3 is 2.41 bits per heavy atom. The molecule has 0 bridgehead atoms. The van der Waals surface area contributed by atoms with Crippen molar-refractivity contribution in [2.24, 2.45) is 0 Å². The summed E-state index contributed by atoms with van der Waals surface area (Å²) < 4.78 is 19.1. The number of likely N-dealkylation sites (tertiary alicyclic amines) is 1. The molecule has 3 rings (SSSR count). The smallest absolute Gasteiger partial charge is 0.253 e. The molecule has 1 heterocycles. The summed E-state index contributed by atoms with van der Waals surface area (Å²) in [6, 6.07) is 13.9. The van der Waals surface area contributed by atoms with Crippen molar-refractivity contribution in [1.29, 1.82) is 0 Å². The average Bonchev–Trinajstić information content (AvgIpc) is 2.76. The zero-order valence-electron chi connectivity index (χ0n) is 19.2. The molecule has 1 aliphatic heterocycles. The van der Waals surface area contributed by atoms with Gasteiger partial charge in [0.2, 0.25) is 5.91 Å². The van der Waals surface area contributed by atoms with E-state index in [0.717, 1.165) is 5.75 Å². The summed E-state index contributed by atoms with van der Waals surface area (Å²) in [5, 5.41) is 3.06. The molecule has 1 saturated heterocycles. The predicted octanol–water partition coefficient (Wildman–Crippen LogP) is 4.70. The van der Waals surface area contributed by atoms with Crippen LogP contribution in [0.2, 0.25) is 0 Å². The molecular weight excluding hydrogens is 407 g/mol. The van der Waals surface area contributed by atoms with Gasteiger partial charge in [-0.2, -0.15) is 0 Å². The molecule has 0 saturated carbocycles. The summed E-state index contributed by atoms with van der Waals surface area (Å²) in [5.41, 5.74) is 1.73. The number of ether oxygens (including phenoxy) is 1. The summed E-state index contributed by atoms with van der Waals surface area (Å²) in [6.45, 7) is 8.11. The molecule has 32 heavy (non-hydrogen) atoms. The molecule has 5 nitrogen and oxygen atoms in total. The third kappa shape index (κ3) is 6.81. The van der Waals surface area contributed by atoms with Crippen LogP contribution in [-0.4, -0.2) is 42.5 Å².